The van der Waals surface area contributed by atoms with Crippen LogP contribution < -0.4 is 0 Å². The summed E-state index contributed by atoms with van der Waals surface area (Å²) in [5.41, 5.74) is 1.47. The third-order valence-electron chi connectivity index (χ3n) is 3.79. The van der Waals surface area contributed by atoms with Crippen LogP contribution in [-0.2, 0) is 4.79 Å². The SMILES string of the molecule is CC1=CCCC(=O)C2C(C)CCC12. The van der Waals surface area contributed by atoms with Gasteiger partial charge in [-0.25, -0.2) is 0 Å². The number of allylic oxidation sites excluding steroid dienone is 2. The standard InChI is InChI=1S/C12H18O/c1-8-4-3-5-11(13)12-9(2)6-7-10(8)12/h4,9-10,12H,3,5-7H2,1-2H3. The third kappa shape index (κ3) is 1.45. The summed E-state index contributed by atoms with van der Waals surface area (Å²) in [5, 5.41) is 0. The Hall–Kier alpha value is -0.590. The molecule has 0 aromatic carbocycles. The molecule has 0 aliphatic heterocycles. The molecule has 2 rings (SSSR count). The normalized spacial score (nSPS) is 39.7. The average Bonchev–Trinajstić information content (AvgIpc) is 2.40. The van der Waals surface area contributed by atoms with Gasteiger partial charge in [-0.3, -0.25) is 4.79 Å². The van der Waals surface area contributed by atoms with E-state index in [9.17, 15) is 4.79 Å². The van der Waals surface area contributed by atoms with E-state index in [4.69, 9.17) is 0 Å². The molecule has 1 fully saturated rings. The van der Waals surface area contributed by atoms with Crippen molar-refractivity contribution in [3.05, 3.63) is 11.6 Å². The lowest BCUT2D eigenvalue weighted by Gasteiger charge is -2.19. The lowest BCUT2D eigenvalue weighted by atomic mass is 9.83. The van der Waals surface area contributed by atoms with E-state index < -0.39 is 0 Å². The van der Waals surface area contributed by atoms with Crippen molar-refractivity contribution < 1.29 is 4.79 Å². The average molecular weight is 178 g/mol. The van der Waals surface area contributed by atoms with Gasteiger partial charge in [-0.2, -0.15) is 0 Å². The quantitative estimate of drug-likeness (QED) is 0.521. The molecule has 0 bridgehead atoms. The molecular formula is C12H18O. The van der Waals surface area contributed by atoms with Gasteiger partial charge in [0.05, 0.1) is 0 Å². The van der Waals surface area contributed by atoms with Crippen LogP contribution in [0.15, 0.2) is 11.6 Å². The number of hydrogen-bond acceptors (Lipinski definition) is 1. The number of ketones is 1. The summed E-state index contributed by atoms with van der Waals surface area (Å²) in [7, 11) is 0. The summed E-state index contributed by atoms with van der Waals surface area (Å²) in [6, 6.07) is 0. The maximum atomic E-state index is 11.8. The van der Waals surface area contributed by atoms with Crippen LogP contribution in [0.25, 0.3) is 0 Å². The second-order valence-corrected chi connectivity index (χ2v) is 4.64. The summed E-state index contributed by atoms with van der Waals surface area (Å²) >= 11 is 0. The van der Waals surface area contributed by atoms with Gasteiger partial charge in [0.25, 0.3) is 0 Å². The van der Waals surface area contributed by atoms with Crippen LogP contribution in [0.2, 0.25) is 0 Å². The lowest BCUT2D eigenvalue weighted by molar-refractivity contribution is -0.124. The highest BCUT2D eigenvalue weighted by atomic mass is 16.1. The minimum atomic E-state index is 0.360. The Labute approximate surface area is 80.2 Å². The Morgan fingerprint density at radius 2 is 2.15 bits per heavy atom. The zero-order valence-electron chi connectivity index (χ0n) is 8.55. The fraction of sp³-hybridized carbons (Fsp3) is 0.750. The third-order valence-corrected chi connectivity index (χ3v) is 3.79. The first-order valence-corrected chi connectivity index (χ1v) is 5.39. The first kappa shape index (κ1) is 8.98. The predicted octanol–water partition coefficient (Wildman–Crippen LogP) is 2.96. The number of carbonyl (C=O) groups is 1. The Kier molecular flexibility index (Phi) is 2.27. The highest BCUT2D eigenvalue weighted by Gasteiger charge is 2.39. The molecule has 0 amide bonds. The highest BCUT2D eigenvalue weighted by molar-refractivity contribution is 5.83. The number of fused-ring (bicyclic) bond motifs is 1. The molecule has 1 nitrogen and oxygen atoms in total. The van der Waals surface area contributed by atoms with Crippen molar-refractivity contribution in [2.24, 2.45) is 17.8 Å². The molecule has 3 unspecified atom stereocenters. The van der Waals surface area contributed by atoms with Crippen molar-refractivity contribution in [3.63, 3.8) is 0 Å². The largest absolute Gasteiger partial charge is 0.299 e. The van der Waals surface area contributed by atoms with E-state index in [1.165, 1.54) is 18.4 Å². The van der Waals surface area contributed by atoms with Crippen molar-refractivity contribution in [1.29, 1.82) is 0 Å². The van der Waals surface area contributed by atoms with Crippen molar-refractivity contribution in [1.82, 2.24) is 0 Å². The number of hydrogen-bond donors (Lipinski definition) is 0. The summed E-state index contributed by atoms with van der Waals surface area (Å²) < 4.78 is 0. The molecule has 0 radical (unpaired) electrons. The Bertz CT molecular complexity index is 252. The molecule has 0 spiro atoms. The fourth-order valence-electron chi connectivity index (χ4n) is 3.01. The number of Topliss-reactive ketones (excluding diaryl/α,β-unsaturated/α-hetero) is 1. The van der Waals surface area contributed by atoms with Gasteiger partial charge in [0.1, 0.15) is 5.78 Å². The first-order valence-electron chi connectivity index (χ1n) is 5.39. The molecule has 0 saturated heterocycles. The second kappa shape index (κ2) is 3.28. The smallest absolute Gasteiger partial charge is 0.137 e. The second-order valence-electron chi connectivity index (χ2n) is 4.64. The molecule has 3 atom stereocenters. The van der Waals surface area contributed by atoms with Gasteiger partial charge in [0, 0.05) is 12.3 Å². The van der Waals surface area contributed by atoms with Crippen molar-refractivity contribution >= 4 is 5.78 Å². The molecular weight excluding hydrogens is 160 g/mol. The van der Waals surface area contributed by atoms with Crippen LogP contribution in [0.3, 0.4) is 0 Å². The Morgan fingerprint density at radius 3 is 2.92 bits per heavy atom. The minimum absolute atomic E-state index is 0.360. The predicted molar refractivity (Wildman–Crippen MR) is 53.4 cm³/mol. The van der Waals surface area contributed by atoms with Gasteiger partial charge < -0.3 is 0 Å². The summed E-state index contributed by atoms with van der Waals surface area (Å²) in [5.74, 6) is 2.09. The van der Waals surface area contributed by atoms with E-state index >= 15 is 0 Å². The van der Waals surface area contributed by atoms with E-state index in [0.29, 0.717) is 23.5 Å². The van der Waals surface area contributed by atoms with Crippen LogP contribution in [-0.4, -0.2) is 5.78 Å². The van der Waals surface area contributed by atoms with Crippen LogP contribution in [0.4, 0.5) is 0 Å². The Balaban J connectivity index is 2.28. The molecule has 1 saturated carbocycles. The van der Waals surface area contributed by atoms with Crippen LogP contribution in [0.1, 0.15) is 39.5 Å². The van der Waals surface area contributed by atoms with Gasteiger partial charge in [-0.15, -0.1) is 0 Å². The van der Waals surface area contributed by atoms with E-state index in [-0.39, 0.29) is 0 Å². The molecule has 0 aromatic rings. The van der Waals surface area contributed by atoms with Crippen LogP contribution >= 0.6 is 0 Å². The van der Waals surface area contributed by atoms with E-state index in [1.807, 2.05) is 0 Å². The summed E-state index contributed by atoms with van der Waals surface area (Å²) in [6.45, 7) is 4.44. The molecule has 2 aliphatic carbocycles. The van der Waals surface area contributed by atoms with Crippen molar-refractivity contribution in [3.8, 4) is 0 Å². The fourth-order valence-corrected chi connectivity index (χ4v) is 3.01. The number of rotatable bonds is 0. The first-order chi connectivity index (χ1) is 6.20. The molecule has 0 N–H and O–H groups in total. The molecule has 13 heavy (non-hydrogen) atoms. The van der Waals surface area contributed by atoms with Gasteiger partial charge in [-0.05, 0) is 38.0 Å². The van der Waals surface area contributed by atoms with E-state index in [0.717, 1.165) is 12.8 Å². The monoisotopic (exact) mass is 178 g/mol. The zero-order valence-corrected chi connectivity index (χ0v) is 8.55. The summed E-state index contributed by atoms with van der Waals surface area (Å²) in [4.78, 5) is 11.8. The van der Waals surface area contributed by atoms with Gasteiger partial charge in [0.15, 0.2) is 0 Å². The molecule has 72 valence electrons. The molecule has 0 aromatic heterocycles. The molecule has 2 aliphatic rings. The van der Waals surface area contributed by atoms with Crippen LogP contribution in [0, 0.1) is 17.8 Å². The zero-order chi connectivity index (χ0) is 9.42. The maximum absolute atomic E-state index is 11.8. The van der Waals surface area contributed by atoms with Crippen molar-refractivity contribution in [2.45, 2.75) is 39.5 Å². The number of carbonyl (C=O) groups excluding carboxylic acids is 1. The lowest BCUT2D eigenvalue weighted by Crippen LogP contribution is -2.22. The molecule has 1 heteroatoms. The topological polar surface area (TPSA) is 17.1 Å². The summed E-state index contributed by atoms with van der Waals surface area (Å²) in [6.07, 6.45) is 6.51. The molecule has 0 heterocycles. The van der Waals surface area contributed by atoms with E-state index in [2.05, 4.69) is 19.9 Å². The van der Waals surface area contributed by atoms with Gasteiger partial charge >= 0.3 is 0 Å². The minimum Gasteiger partial charge on any atom is -0.299 e. The Morgan fingerprint density at radius 1 is 1.38 bits per heavy atom. The van der Waals surface area contributed by atoms with Crippen molar-refractivity contribution in [2.75, 3.05) is 0 Å². The van der Waals surface area contributed by atoms with Gasteiger partial charge in [0.2, 0.25) is 0 Å². The highest BCUT2D eigenvalue weighted by Crippen LogP contribution is 2.43. The van der Waals surface area contributed by atoms with E-state index in [1.54, 1.807) is 0 Å². The van der Waals surface area contributed by atoms with Gasteiger partial charge in [-0.1, -0.05) is 18.6 Å². The van der Waals surface area contributed by atoms with Crippen LogP contribution in [0.5, 0.6) is 0 Å². The maximum Gasteiger partial charge on any atom is 0.137 e.